The minimum Gasteiger partial charge on any atom is -0.484 e. The number of ether oxygens (including phenoxy) is 1. The van der Waals surface area contributed by atoms with Crippen molar-refractivity contribution in [3.8, 4) is 5.75 Å². The minimum absolute atomic E-state index is 0.188. The summed E-state index contributed by atoms with van der Waals surface area (Å²) in [7, 11) is 0. The van der Waals surface area contributed by atoms with E-state index in [0.29, 0.717) is 22.6 Å². The van der Waals surface area contributed by atoms with Crippen molar-refractivity contribution >= 4 is 28.5 Å². The van der Waals surface area contributed by atoms with E-state index < -0.39 is 5.63 Å². The third-order valence-electron chi connectivity index (χ3n) is 4.95. The zero-order valence-corrected chi connectivity index (χ0v) is 18.0. The molecule has 1 aromatic heterocycles. The van der Waals surface area contributed by atoms with Gasteiger partial charge >= 0.3 is 5.63 Å². The van der Waals surface area contributed by atoms with Gasteiger partial charge in [0.05, 0.1) is 0 Å². The third kappa shape index (κ3) is 5.86. The van der Waals surface area contributed by atoms with Gasteiger partial charge in [-0.3, -0.25) is 9.59 Å². The van der Waals surface area contributed by atoms with Gasteiger partial charge in [0.15, 0.2) is 6.61 Å². The van der Waals surface area contributed by atoms with Crippen molar-refractivity contribution in [1.29, 1.82) is 0 Å². The Morgan fingerprint density at radius 2 is 1.73 bits per heavy atom. The Morgan fingerprint density at radius 3 is 2.55 bits per heavy atom. The van der Waals surface area contributed by atoms with Crippen LogP contribution in [-0.4, -0.2) is 18.4 Å². The lowest BCUT2D eigenvalue weighted by Crippen LogP contribution is -2.28. The predicted octanol–water partition coefficient (Wildman–Crippen LogP) is 4.05. The van der Waals surface area contributed by atoms with Crippen LogP contribution in [0.15, 0.2) is 88.1 Å². The lowest BCUT2D eigenvalue weighted by atomic mass is 10.1. The number of fused-ring (bicyclic) bond motifs is 1. The molecule has 0 saturated heterocycles. The number of benzene rings is 3. The Morgan fingerprint density at radius 1 is 0.939 bits per heavy atom. The topological polar surface area (TPSA) is 97.6 Å². The van der Waals surface area contributed by atoms with Crippen LogP contribution in [0.3, 0.4) is 0 Å². The molecule has 0 aliphatic carbocycles. The Labute approximate surface area is 190 Å². The summed E-state index contributed by atoms with van der Waals surface area (Å²) in [5, 5.41) is 6.41. The van der Waals surface area contributed by atoms with Gasteiger partial charge < -0.3 is 19.8 Å². The smallest absolute Gasteiger partial charge is 0.336 e. The highest BCUT2D eigenvalue weighted by Crippen LogP contribution is 2.19. The van der Waals surface area contributed by atoms with Crippen LogP contribution in [0.4, 0.5) is 5.69 Å². The molecule has 1 heterocycles. The number of rotatable bonds is 7. The summed E-state index contributed by atoms with van der Waals surface area (Å²) < 4.78 is 10.6. The molecule has 0 saturated carbocycles. The van der Waals surface area contributed by atoms with E-state index in [2.05, 4.69) is 10.6 Å². The standard InChI is InChI=1S/C26H22N2O5/c1-17-5-7-20(8-6-17)26(31)28-21-4-2-3-18(13-21)15-27-24(29)16-32-22-11-9-19-10-12-25(30)33-23(19)14-22/h2-14H,15-16H2,1H3,(H,27,29)(H,28,31). The first-order valence-corrected chi connectivity index (χ1v) is 10.4. The summed E-state index contributed by atoms with van der Waals surface area (Å²) in [4.78, 5) is 36.0. The van der Waals surface area contributed by atoms with Crippen LogP contribution in [0.1, 0.15) is 21.5 Å². The monoisotopic (exact) mass is 442 g/mol. The molecule has 0 bridgehead atoms. The van der Waals surface area contributed by atoms with Crippen LogP contribution in [0.2, 0.25) is 0 Å². The van der Waals surface area contributed by atoms with Crippen molar-refractivity contribution in [3.05, 3.63) is 106 Å². The molecule has 0 spiro atoms. The maximum absolute atomic E-state index is 12.4. The van der Waals surface area contributed by atoms with E-state index in [1.807, 2.05) is 31.2 Å². The van der Waals surface area contributed by atoms with Crippen molar-refractivity contribution < 1.29 is 18.7 Å². The molecule has 166 valence electrons. The zero-order valence-electron chi connectivity index (χ0n) is 18.0. The first-order chi connectivity index (χ1) is 16.0. The Bertz CT molecular complexity index is 1360. The summed E-state index contributed by atoms with van der Waals surface area (Å²) in [5.74, 6) is -0.0812. The highest BCUT2D eigenvalue weighted by Gasteiger charge is 2.08. The second kappa shape index (κ2) is 9.82. The summed E-state index contributed by atoms with van der Waals surface area (Å²) >= 11 is 0. The molecule has 3 aromatic carbocycles. The van der Waals surface area contributed by atoms with Crippen LogP contribution in [0, 0.1) is 6.92 Å². The van der Waals surface area contributed by atoms with E-state index in [0.717, 1.165) is 16.5 Å². The quantitative estimate of drug-likeness (QED) is 0.421. The largest absolute Gasteiger partial charge is 0.484 e. The van der Waals surface area contributed by atoms with Crippen LogP contribution in [0.25, 0.3) is 11.0 Å². The first kappa shape index (κ1) is 21.8. The van der Waals surface area contributed by atoms with Gasteiger partial charge in [0.1, 0.15) is 11.3 Å². The van der Waals surface area contributed by atoms with Gasteiger partial charge in [-0.15, -0.1) is 0 Å². The predicted molar refractivity (Wildman–Crippen MR) is 125 cm³/mol. The zero-order chi connectivity index (χ0) is 23.2. The van der Waals surface area contributed by atoms with E-state index in [-0.39, 0.29) is 25.0 Å². The number of anilines is 1. The molecular weight excluding hydrogens is 420 g/mol. The molecule has 0 unspecified atom stereocenters. The summed E-state index contributed by atoms with van der Waals surface area (Å²) in [6.07, 6.45) is 0. The molecule has 33 heavy (non-hydrogen) atoms. The Hall–Kier alpha value is -4.39. The van der Waals surface area contributed by atoms with E-state index in [9.17, 15) is 14.4 Å². The minimum atomic E-state index is -0.449. The van der Waals surface area contributed by atoms with Crippen molar-refractivity contribution in [2.24, 2.45) is 0 Å². The Balaban J connectivity index is 1.30. The summed E-state index contributed by atoms with van der Waals surface area (Å²) in [6.45, 7) is 2.06. The molecule has 2 N–H and O–H groups in total. The molecule has 0 aliphatic rings. The van der Waals surface area contributed by atoms with Crippen molar-refractivity contribution in [1.82, 2.24) is 5.32 Å². The highest BCUT2D eigenvalue weighted by atomic mass is 16.5. The van der Waals surface area contributed by atoms with Crippen molar-refractivity contribution in [2.75, 3.05) is 11.9 Å². The number of carbonyl (C=O) groups excluding carboxylic acids is 2. The van der Waals surface area contributed by atoms with Crippen molar-refractivity contribution in [2.45, 2.75) is 13.5 Å². The average molecular weight is 442 g/mol. The summed E-state index contributed by atoms with van der Waals surface area (Å²) in [6, 6.07) is 22.6. The maximum atomic E-state index is 12.4. The van der Waals surface area contributed by atoms with Crippen LogP contribution in [0.5, 0.6) is 5.75 Å². The second-order valence-corrected chi connectivity index (χ2v) is 7.54. The molecule has 7 nitrogen and oxygen atoms in total. The lowest BCUT2D eigenvalue weighted by molar-refractivity contribution is -0.123. The number of carbonyl (C=O) groups is 2. The molecular formula is C26H22N2O5. The van der Waals surface area contributed by atoms with E-state index in [1.165, 1.54) is 6.07 Å². The number of hydrogen-bond donors (Lipinski definition) is 2. The van der Waals surface area contributed by atoms with E-state index in [4.69, 9.17) is 9.15 Å². The molecule has 2 amide bonds. The van der Waals surface area contributed by atoms with Gasteiger partial charge in [0.25, 0.3) is 11.8 Å². The fraction of sp³-hybridized carbons (Fsp3) is 0.115. The molecule has 0 radical (unpaired) electrons. The van der Waals surface area contributed by atoms with Gasteiger partial charge in [0.2, 0.25) is 0 Å². The van der Waals surface area contributed by atoms with Gasteiger partial charge in [-0.2, -0.15) is 0 Å². The maximum Gasteiger partial charge on any atom is 0.336 e. The normalized spacial score (nSPS) is 10.6. The molecule has 4 rings (SSSR count). The number of amides is 2. The fourth-order valence-corrected chi connectivity index (χ4v) is 3.20. The van der Waals surface area contributed by atoms with Crippen LogP contribution < -0.4 is 21.0 Å². The molecule has 0 fully saturated rings. The van der Waals surface area contributed by atoms with Crippen molar-refractivity contribution in [3.63, 3.8) is 0 Å². The van der Waals surface area contributed by atoms with E-state index >= 15 is 0 Å². The van der Waals surface area contributed by atoms with Gasteiger partial charge in [-0.05, 0) is 55.0 Å². The molecule has 0 aliphatic heterocycles. The van der Waals surface area contributed by atoms with E-state index in [1.54, 1.807) is 48.5 Å². The molecule has 0 atom stereocenters. The second-order valence-electron chi connectivity index (χ2n) is 7.54. The third-order valence-corrected chi connectivity index (χ3v) is 4.95. The van der Waals surface area contributed by atoms with Crippen LogP contribution in [-0.2, 0) is 11.3 Å². The van der Waals surface area contributed by atoms with Gasteiger partial charge in [-0.1, -0.05) is 29.8 Å². The molecule has 7 heteroatoms. The number of aryl methyl sites for hydroxylation is 1. The Kier molecular flexibility index (Phi) is 6.50. The first-order valence-electron chi connectivity index (χ1n) is 10.4. The van der Waals surface area contributed by atoms with Gasteiger partial charge in [0, 0.05) is 35.3 Å². The number of hydrogen-bond acceptors (Lipinski definition) is 5. The number of nitrogens with one attached hydrogen (secondary N) is 2. The van der Waals surface area contributed by atoms with Gasteiger partial charge in [-0.25, -0.2) is 4.79 Å². The SMILES string of the molecule is Cc1ccc(C(=O)Nc2cccc(CNC(=O)COc3ccc4ccc(=O)oc4c3)c2)cc1. The summed E-state index contributed by atoms with van der Waals surface area (Å²) in [5.41, 5.74) is 3.07. The molecule has 4 aromatic rings. The highest BCUT2D eigenvalue weighted by molar-refractivity contribution is 6.04. The average Bonchev–Trinajstić information content (AvgIpc) is 2.81. The fourth-order valence-electron chi connectivity index (χ4n) is 3.20. The lowest BCUT2D eigenvalue weighted by Gasteiger charge is -2.10. The van der Waals surface area contributed by atoms with Crippen LogP contribution >= 0.6 is 0 Å².